The van der Waals surface area contributed by atoms with E-state index in [0.29, 0.717) is 4.96 Å². The number of nitrogens with zero attached hydrogens (tertiary/aromatic N) is 2. The molecule has 3 aromatic rings. The highest BCUT2D eigenvalue weighted by Crippen LogP contribution is 2.14. The van der Waals surface area contributed by atoms with E-state index in [4.69, 9.17) is 0 Å². The number of fused-ring (bicyclic) bond motifs is 1. The lowest BCUT2D eigenvalue weighted by molar-refractivity contribution is 0.0945. The van der Waals surface area contributed by atoms with Crippen molar-refractivity contribution >= 4 is 22.2 Å². The van der Waals surface area contributed by atoms with Crippen LogP contribution in [-0.2, 0) is 6.54 Å². The van der Waals surface area contributed by atoms with Crippen LogP contribution in [0.3, 0.4) is 0 Å². The maximum absolute atomic E-state index is 12.2. The molecule has 0 radical (unpaired) electrons. The van der Waals surface area contributed by atoms with Crippen LogP contribution in [0, 0.1) is 6.92 Å². The van der Waals surface area contributed by atoms with Gasteiger partial charge in [0.15, 0.2) is 10.5 Å². The number of hydrogen-bond donors (Lipinski definition) is 2. The normalized spacial score (nSPS) is 10.8. The minimum absolute atomic E-state index is 0.268. The minimum Gasteiger partial charge on any atom is -0.492 e. The molecule has 0 saturated carbocycles. The van der Waals surface area contributed by atoms with Gasteiger partial charge in [-0.05, 0) is 12.5 Å². The second-order valence-electron chi connectivity index (χ2n) is 4.84. The van der Waals surface area contributed by atoms with Gasteiger partial charge in [-0.3, -0.25) is 14.0 Å². The van der Waals surface area contributed by atoms with Crippen molar-refractivity contribution in [1.29, 1.82) is 0 Å². The molecule has 0 spiro atoms. The number of amides is 1. The van der Waals surface area contributed by atoms with Gasteiger partial charge in [0.1, 0.15) is 0 Å². The fourth-order valence-electron chi connectivity index (χ4n) is 2.05. The summed E-state index contributed by atoms with van der Waals surface area (Å²) >= 11 is 1.21. The van der Waals surface area contributed by atoms with Crippen molar-refractivity contribution < 1.29 is 9.90 Å². The third kappa shape index (κ3) is 2.58. The number of aryl methyl sites for hydroxylation is 1. The van der Waals surface area contributed by atoms with E-state index in [2.05, 4.69) is 10.3 Å². The van der Waals surface area contributed by atoms with E-state index in [1.165, 1.54) is 21.9 Å². The van der Waals surface area contributed by atoms with Gasteiger partial charge in [-0.15, -0.1) is 11.3 Å². The van der Waals surface area contributed by atoms with Gasteiger partial charge in [0.25, 0.3) is 11.5 Å². The summed E-state index contributed by atoms with van der Waals surface area (Å²) in [5.74, 6) is -1.19. The largest absolute Gasteiger partial charge is 0.492 e. The summed E-state index contributed by atoms with van der Waals surface area (Å²) in [6.07, 6.45) is 1.52. The summed E-state index contributed by atoms with van der Waals surface area (Å²) in [5, 5.41) is 14.1. The zero-order valence-electron chi connectivity index (χ0n) is 11.7. The number of rotatable bonds is 3. The van der Waals surface area contributed by atoms with E-state index < -0.39 is 17.3 Å². The molecular weight excluding hydrogens is 302 g/mol. The molecule has 0 saturated heterocycles. The topological polar surface area (TPSA) is 83.7 Å². The Morgan fingerprint density at radius 2 is 2.09 bits per heavy atom. The third-order valence-electron chi connectivity index (χ3n) is 3.25. The van der Waals surface area contributed by atoms with Gasteiger partial charge in [-0.1, -0.05) is 29.8 Å². The molecule has 0 aliphatic heterocycles. The molecule has 1 amide bonds. The van der Waals surface area contributed by atoms with Crippen molar-refractivity contribution in [2.45, 2.75) is 13.5 Å². The molecule has 6 nitrogen and oxygen atoms in total. The number of hydrogen-bond acceptors (Lipinski definition) is 5. The number of nitrogens with one attached hydrogen (secondary N) is 1. The minimum atomic E-state index is -0.642. The van der Waals surface area contributed by atoms with Crippen LogP contribution >= 0.6 is 11.3 Å². The number of aromatic hydroxyl groups is 1. The van der Waals surface area contributed by atoms with E-state index in [1.54, 1.807) is 5.38 Å². The Kier molecular flexibility index (Phi) is 3.64. The Morgan fingerprint density at radius 3 is 2.82 bits per heavy atom. The summed E-state index contributed by atoms with van der Waals surface area (Å²) in [6, 6.07) is 7.66. The second kappa shape index (κ2) is 5.61. The van der Waals surface area contributed by atoms with Crippen LogP contribution in [0.5, 0.6) is 5.88 Å². The molecule has 22 heavy (non-hydrogen) atoms. The van der Waals surface area contributed by atoms with Crippen molar-refractivity contribution in [2.24, 2.45) is 0 Å². The van der Waals surface area contributed by atoms with Gasteiger partial charge < -0.3 is 10.4 Å². The smallest absolute Gasteiger partial charge is 0.275 e. The second-order valence-corrected chi connectivity index (χ2v) is 5.71. The van der Waals surface area contributed by atoms with Crippen LogP contribution in [-0.4, -0.2) is 20.4 Å². The highest BCUT2D eigenvalue weighted by Gasteiger charge is 2.19. The van der Waals surface area contributed by atoms with Gasteiger partial charge in [-0.25, -0.2) is 0 Å². The van der Waals surface area contributed by atoms with E-state index >= 15 is 0 Å². The molecule has 0 atom stereocenters. The summed E-state index contributed by atoms with van der Waals surface area (Å²) < 4.78 is 1.24. The SMILES string of the molecule is Cc1ccc(CNC(=O)c2c(O)nc3sccn3c2=O)cc1. The van der Waals surface area contributed by atoms with Gasteiger partial charge in [-0.2, -0.15) is 4.98 Å². The average molecular weight is 315 g/mol. The van der Waals surface area contributed by atoms with Crippen molar-refractivity contribution in [3.8, 4) is 5.88 Å². The summed E-state index contributed by atoms with van der Waals surface area (Å²) in [6.45, 7) is 2.24. The van der Waals surface area contributed by atoms with Crippen LogP contribution < -0.4 is 10.9 Å². The predicted molar refractivity (Wildman–Crippen MR) is 83.4 cm³/mol. The zero-order chi connectivity index (χ0) is 15.7. The van der Waals surface area contributed by atoms with E-state index in [0.717, 1.165) is 11.1 Å². The summed E-state index contributed by atoms with van der Waals surface area (Å²) in [4.78, 5) is 28.6. The van der Waals surface area contributed by atoms with E-state index in [-0.39, 0.29) is 12.1 Å². The van der Waals surface area contributed by atoms with Gasteiger partial charge >= 0.3 is 0 Å². The molecule has 1 aromatic carbocycles. The Hall–Kier alpha value is -2.67. The third-order valence-corrected chi connectivity index (χ3v) is 4.00. The molecule has 3 rings (SSSR count). The maximum Gasteiger partial charge on any atom is 0.275 e. The maximum atomic E-state index is 12.2. The van der Waals surface area contributed by atoms with Crippen molar-refractivity contribution in [3.63, 3.8) is 0 Å². The number of aromatic nitrogens is 2. The van der Waals surface area contributed by atoms with Crippen molar-refractivity contribution in [2.75, 3.05) is 0 Å². The highest BCUT2D eigenvalue weighted by molar-refractivity contribution is 7.15. The molecule has 112 valence electrons. The fourth-order valence-corrected chi connectivity index (χ4v) is 2.75. The first-order valence-electron chi connectivity index (χ1n) is 6.59. The van der Waals surface area contributed by atoms with Gasteiger partial charge in [0.05, 0.1) is 0 Å². The van der Waals surface area contributed by atoms with Crippen LogP contribution in [0.15, 0.2) is 40.6 Å². The quantitative estimate of drug-likeness (QED) is 0.770. The Balaban J connectivity index is 1.86. The standard InChI is InChI=1S/C15H13N3O3S/c1-9-2-4-10(5-3-9)8-16-12(19)11-13(20)17-15-18(14(11)21)6-7-22-15/h2-7,20H,8H2,1H3,(H,16,19). The fraction of sp³-hybridized carbons (Fsp3) is 0.133. The van der Waals surface area contributed by atoms with Crippen LogP contribution in [0.4, 0.5) is 0 Å². The van der Waals surface area contributed by atoms with Crippen molar-refractivity contribution in [3.05, 3.63) is 62.9 Å². The Labute approximate surface area is 129 Å². The lowest BCUT2D eigenvalue weighted by Gasteiger charge is -2.06. The predicted octanol–water partition coefficient (Wildman–Crippen LogP) is 1.70. The monoisotopic (exact) mass is 315 g/mol. The summed E-state index contributed by atoms with van der Waals surface area (Å²) in [7, 11) is 0. The van der Waals surface area contributed by atoms with E-state index in [1.807, 2.05) is 31.2 Å². The van der Waals surface area contributed by atoms with Crippen molar-refractivity contribution in [1.82, 2.24) is 14.7 Å². The van der Waals surface area contributed by atoms with Gasteiger partial charge in [0.2, 0.25) is 5.88 Å². The molecular formula is C15H13N3O3S. The molecule has 0 unspecified atom stereocenters. The van der Waals surface area contributed by atoms with E-state index in [9.17, 15) is 14.7 Å². The zero-order valence-corrected chi connectivity index (χ0v) is 12.6. The lowest BCUT2D eigenvalue weighted by Crippen LogP contribution is -2.31. The van der Waals surface area contributed by atoms with Crippen LogP contribution in [0.2, 0.25) is 0 Å². The highest BCUT2D eigenvalue weighted by atomic mass is 32.1. The molecule has 7 heteroatoms. The van der Waals surface area contributed by atoms with Gasteiger partial charge in [0, 0.05) is 18.1 Å². The average Bonchev–Trinajstić information content (AvgIpc) is 2.95. The molecule has 0 fully saturated rings. The number of carbonyl (C=O) groups is 1. The molecule has 2 heterocycles. The molecule has 2 N–H and O–H groups in total. The molecule has 0 aliphatic carbocycles. The first kappa shape index (κ1) is 14.3. The number of carbonyl (C=O) groups excluding carboxylic acids is 1. The molecule has 2 aromatic heterocycles. The molecule has 0 bridgehead atoms. The summed E-state index contributed by atoms with van der Waals surface area (Å²) in [5.41, 5.74) is 1.11. The number of thiazole rings is 1. The molecule has 0 aliphatic rings. The number of benzene rings is 1. The first-order chi connectivity index (χ1) is 10.6. The Bertz CT molecular complexity index is 897. The lowest BCUT2D eigenvalue weighted by atomic mass is 10.1. The first-order valence-corrected chi connectivity index (χ1v) is 7.47. The Morgan fingerprint density at radius 1 is 1.36 bits per heavy atom. The van der Waals surface area contributed by atoms with Crippen LogP contribution in [0.1, 0.15) is 21.5 Å². The van der Waals surface area contributed by atoms with Crippen LogP contribution in [0.25, 0.3) is 4.96 Å².